The average molecular weight is 288 g/mol. The molecular formula is C5H6F5I. The Balaban J connectivity index is 0. The molecule has 0 bridgehead atoms. The highest BCUT2D eigenvalue weighted by Crippen LogP contribution is 2.40. The molecule has 0 radical (unpaired) electrons. The van der Waals surface area contributed by atoms with Crippen LogP contribution in [-0.4, -0.2) is 10.1 Å². The van der Waals surface area contributed by atoms with Crippen LogP contribution in [0.1, 0.15) is 6.92 Å². The molecule has 0 aliphatic rings. The summed E-state index contributed by atoms with van der Waals surface area (Å²) >= 11 is 0.0250. The van der Waals surface area contributed by atoms with E-state index in [1.807, 2.05) is 6.92 Å². The van der Waals surface area contributed by atoms with Crippen LogP contribution in [0.3, 0.4) is 0 Å². The molecule has 6 heteroatoms. The van der Waals surface area contributed by atoms with Crippen LogP contribution in [-0.2, 0) is 0 Å². The summed E-state index contributed by atoms with van der Waals surface area (Å²) in [5.74, 6) is 0. The molecule has 0 aromatic carbocycles. The number of halogens is 6. The summed E-state index contributed by atoms with van der Waals surface area (Å²) in [6, 6.07) is 0. The van der Waals surface area contributed by atoms with Gasteiger partial charge in [-0.3, -0.25) is 0 Å². The maximum Gasteiger partial charge on any atom is 0.463 e. The van der Waals surface area contributed by atoms with Gasteiger partial charge >= 0.3 is 10.1 Å². The largest absolute Gasteiger partial charge is 0.463 e. The third-order valence-corrected chi connectivity index (χ3v) is 0.933. The van der Waals surface area contributed by atoms with Gasteiger partial charge in [0.05, 0.1) is 0 Å². The highest BCUT2D eigenvalue weighted by molar-refractivity contribution is 14.1. The van der Waals surface area contributed by atoms with E-state index in [9.17, 15) is 22.0 Å². The van der Waals surface area contributed by atoms with Crippen LogP contribution in [0.5, 0.6) is 0 Å². The molecular weight excluding hydrogens is 282 g/mol. The Morgan fingerprint density at radius 3 is 1.27 bits per heavy atom. The van der Waals surface area contributed by atoms with Crippen LogP contribution in [0, 0.1) is 0 Å². The predicted molar refractivity (Wildman–Crippen MR) is 40.9 cm³/mol. The predicted octanol–water partition coefficient (Wildman–Crippen LogP) is 3.77. The van der Waals surface area contributed by atoms with Crippen molar-refractivity contribution < 1.29 is 22.0 Å². The minimum absolute atomic E-state index is 0.0250. The maximum atomic E-state index is 11.1. The Kier molecular flexibility index (Phi) is 6.09. The van der Waals surface area contributed by atoms with Crippen molar-refractivity contribution in [3.05, 3.63) is 12.7 Å². The van der Waals surface area contributed by atoms with Crippen molar-refractivity contribution in [1.82, 2.24) is 0 Å². The molecule has 11 heavy (non-hydrogen) atoms. The van der Waals surface area contributed by atoms with Crippen LogP contribution in [0.25, 0.3) is 0 Å². The van der Waals surface area contributed by atoms with E-state index in [4.69, 9.17) is 0 Å². The van der Waals surface area contributed by atoms with E-state index in [1.165, 1.54) is 0 Å². The summed E-state index contributed by atoms with van der Waals surface area (Å²) in [4.78, 5) is 0. The highest BCUT2D eigenvalue weighted by Gasteiger charge is 2.55. The molecule has 0 aromatic rings. The molecule has 0 saturated heterocycles. The van der Waals surface area contributed by atoms with Crippen LogP contribution < -0.4 is 0 Å². The van der Waals surface area contributed by atoms with Gasteiger partial charge in [0.25, 0.3) is 0 Å². The number of alkyl halides is 6. The van der Waals surface area contributed by atoms with E-state index in [2.05, 4.69) is 6.58 Å². The van der Waals surface area contributed by atoms with Gasteiger partial charge in [0.2, 0.25) is 0 Å². The molecule has 0 rings (SSSR count). The van der Waals surface area contributed by atoms with Gasteiger partial charge in [-0.15, -0.1) is 6.58 Å². The Morgan fingerprint density at radius 1 is 1.18 bits per heavy atom. The fourth-order valence-corrected chi connectivity index (χ4v) is 0. The molecule has 0 fully saturated rings. The average Bonchev–Trinajstić information content (AvgIpc) is 1.60. The van der Waals surface area contributed by atoms with Crippen molar-refractivity contribution in [3.63, 3.8) is 0 Å². The Labute approximate surface area is 74.6 Å². The van der Waals surface area contributed by atoms with Crippen LogP contribution in [0.2, 0.25) is 0 Å². The van der Waals surface area contributed by atoms with Gasteiger partial charge in [0.15, 0.2) is 0 Å². The normalized spacial score (nSPS) is 11.5. The first-order valence-corrected chi connectivity index (χ1v) is 3.45. The molecule has 0 N–H and O–H groups in total. The van der Waals surface area contributed by atoms with Gasteiger partial charge in [-0.25, -0.2) is 0 Å². The minimum Gasteiger partial charge on any atom is -0.184 e. The molecule has 0 saturated carbocycles. The first-order chi connectivity index (χ1) is 4.66. The van der Waals surface area contributed by atoms with Gasteiger partial charge in [0.1, 0.15) is 0 Å². The molecule has 0 heterocycles. The molecule has 0 unspecified atom stereocenters. The Bertz CT molecular complexity index is 99.0. The van der Waals surface area contributed by atoms with E-state index >= 15 is 0 Å². The fourth-order valence-electron chi connectivity index (χ4n) is 0. The molecule has 0 aromatic heterocycles. The number of allylic oxidation sites excluding steroid dienone is 1. The van der Waals surface area contributed by atoms with E-state index in [1.54, 1.807) is 6.08 Å². The first-order valence-electron chi connectivity index (χ1n) is 2.37. The highest BCUT2D eigenvalue weighted by atomic mass is 127. The molecule has 68 valence electrons. The SMILES string of the molecule is C=CC.FC(F)(F)C(F)(F)I. The van der Waals surface area contributed by atoms with E-state index in [0.29, 0.717) is 0 Å². The van der Waals surface area contributed by atoms with Crippen molar-refractivity contribution in [2.45, 2.75) is 17.0 Å². The molecule has 0 aliphatic carbocycles. The molecule has 0 amide bonds. The van der Waals surface area contributed by atoms with Gasteiger partial charge in [-0.05, 0) is 6.92 Å². The maximum absolute atomic E-state index is 11.1. The third-order valence-electron chi connectivity index (χ3n) is 0.321. The van der Waals surface area contributed by atoms with Gasteiger partial charge < -0.3 is 0 Å². The molecule has 0 aliphatic heterocycles. The first kappa shape index (κ1) is 13.7. The monoisotopic (exact) mass is 288 g/mol. The van der Waals surface area contributed by atoms with Crippen molar-refractivity contribution in [2.75, 3.05) is 0 Å². The molecule has 0 atom stereocenters. The smallest absolute Gasteiger partial charge is 0.184 e. The summed E-state index contributed by atoms with van der Waals surface area (Å²) in [5.41, 5.74) is 0. The lowest BCUT2D eigenvalue weighted by Gasteiger charge is -2.10. The van der Waals surface area contributed by atoms with Crippen molar-refractivity contribution in [3.8, 4) is 0 Å². The van der Waals surface area contributed by atoms with Crippen LogP contribution >= 0.6 is 22.6 Å². The van der Waals surface area contributed by atoms with Gasteiger partial charge in [-0.1, -0.05) is 6.08 Å². The second-order valence-electron chi connectivity index (χ2n) is 1.40. The molecule has 0 spiro atoms. The summed E-state index contributed by atoms with van der Waals surface area (Å²) in [7, 11) is 0. The van der Waals surface area contributed by atoms with Crippen molar-refractivity contribution in [1.29, 1.82) is 0 Å². The lowest BCUT2D eigenvalue weighted by molar-refractivity contribution is -0.228. The van der Waals surface area contributed by atoms with E-state index in [-0.39, 0.29) is 22.6 Å². The summed E-state index contributed by atoms with van der Waals surface area (Å²) < 4.78 is 50.0. The van der Waals surface area contributed by atoms with Crippen molar-refractivity contribution >= 4 is 22.6 Å². The third kappa shape index (κ3) is 8.02. The Hall–Kier alpha value is 0.120. The fraction of sp³-hybridized carbons (Fsp3) is 0.600. The zero-order chi connectivity index (χ0) is 9.71. The minimum atomic E-state index is -5.41. The zero-order valence-corrected chi connectivity index (χ0v) is 7.71. The second-order valence-corrected chi connectivity index (χ2v) is 2.76. The second kappa shape index (κ2) is 4.89. The number of hydrogen-bond donors (Lipinski definition) is 0. The lowest BCUT2D eigenvalue weighted by atomic mass is 10.7. The number of hydrogen-bond acceptors (Lipinski definition) is 0. The lowest BCUT2D eigenvalue weighted by Crippen LogP contribution is -2.29. The van der Waals surface area contributed by atoms with Gasteiger partial charge in [-0.2, -0.15) is 22.0 Å². The van der Waals surface area contributed by atoms with Gasteiger partial charge in [0, 0.05) is 22.6 Å². The van der Waals surface area contributed by atoms with Crippen LogP contribution in [0.15, 0.2) is 12.7 Å². The van der Waals surface area contributed by atoms with E-state index in [0.717, 1.165) is 0 Å². The zero-order valence-electron chi connectivity index (χ0n) is 5.55. The number of rotatable bonds is 0. The van der Waals surface area contributed by atoms with Crippen molar-refractivity contribution in [2.24, 2.45) is 0 Å². The summed E-state index contributed by atoms with van der Waals surface area (Å²) in [6.45, 7) is 5.25. The quantitative estimate of drug-likeness (QED) is 0.275. The topological polar surface area (TPSA) is 0 Å². The van der Waals surface area contributed by atoms with Crippen LogP contribution in [0.4, 0.5) is 22.0 Å². The Morgan fingerprint density at radius 2 is 1.27 bits per heavy atom. The standard InChI is InChI=1S/C3H6.C2F5I/c1-3-2;3-1(4,5)2(6,7)8/h3H,1H2,2H3;. The summed E-state index contributed by atoms with van der Waals surface area (Å²) in [6.07, 6.45) is -3.66. The summed E-state index contributed by atoms with van der Waals surface area (Å²) in [5, 5.41) is 0. The molecule has 0 nitrogen and oxygen atoms in total. The van der Waals surface area contributed by atoms with E-state index < -0.39 is 10.1 Å².